The summed E-state index contributed by atoms with van der Waals surface area (Å²) in [4.78, 5) is 15.2. The average molecular weight is 658 g/mol. The van der Waals surface area contributed by atoms with Crippen molar-refractivity contribution in [1.82, 2.24) is 15.0 Å². The Morgan fingerprint density at radius 1 is 0.380 bits per heavy atom. The van der Waals surface area contributed by atoms with Gasteiger partial charge in [-0.3, -0.25) is 0 Å². The van der Waals surface area contributed by atoms with Gasteiger partial charge in [0.05, 0.1) is 0 Å². The van der Waals surface area contributed by atoms with Crippen LogP contribution in [0.5, 0.6) is 0 Å². The molecular weight excluding hydrogens is 631 g/mol. The highest BCUT2D eigenvalue weighted by molar-refractivity contribution is 7.26. The SMILES string of the molecule is c1ccc(-c2nc(-c3ccc(-c4cccc5c4sc4ccccc45)cc3)nc(-c3cccc4oc5c(-c6ccccc6)cccc5c34)n2)cc1. The molecule has 0 fully saturated rings. The molecule has 0 aliphatic heterocycles. The predicted molar refractivity (Wildman–Crippen MR) is 207 cm³/mol. The summed E-state index contributed by atoms with van der Waals surface area (Å²) in [5, 5.41) is 4.61. The molecule has 3 aromatic heterocycles. The highest BCUT2D eigenvalue weighted by Crippen LogP contribution is 2.42. The van der Waals surface area contributed by atoms with Gasteiger partial charge < -0.3 is 4.42 Å². The molecule has 10 rings (SSSR count). The molecule has 0 saturated heterocycles. The van der Waals surface area contributed by atoms with Gasteiger partial charge in [-0.15, -0.1) is 11.3 Å². The smallest absolute Gasteiger partial charge is 0.164 e. The highest BCUT2D eigenvalue weighted by Gasteiger charge is 2.19. The first kappa shape index (κ1) is 28.6. The van der Waals surface area contributed by atoms with E-state index >= 15 is 0 Å². The number of hydrogen-bond donors (Lipinski definition) is 0. The minimum absolute atomic E-state index is 0.603. The van der Waals surface area contributed by atoms with Crippen LogP contribution in [0.4, 0.5) is 0 Å². The lowest BCUT2D eigenvalue weighted by atomic mass is 10.00. The van der Waals surface area contributed by atoms with Crippen LogP contribution in [0.15, 0.2) is 168 Å². The number of benzene rings is 7. The van der Waals surface area contributed by atoms with Gasteiger partial charge in [-0.2, -0.15) is 0 Å². The molecule has 0 aliphatic carbocycles. The Bertz CT molecular complexity index is 2860. The lowest BCUT2D eigenvalue weighted by molar-refractivity contribution is 0.670. The van der Waals surface area contributed by atoms with Crippen LogP contribution in [0.3, 0.4) is 0 Å². The second-order valence-corrected chi connectivity index (χ2v) is 13.4. The van der Waals surface area contributed by atoms with E-state index in [-0.39, 0.29) is 0 Å². The molecule has 5 heteroatoms. The molecule has 0 N–H and O–H groups in total. The van der Waals surface area contributed by atoms with Crippen molar-refractivity contribution in [3.05, 3.63) is 164 Å². The van der Waals surface area contributed by atoms with Crippen molar-refractivity contribution in [2.24, 2.45) is 0 Å². The van der Waals surface area contributed by atoms with Gasteiger partial charge in [0.1, 0.15) is 11.2 Å². The van der Waals surface area contributed by atoms with E-state index in [4.69, 9.17) is 19.4 Å². The summed E-state index contributed by atoms with van der Waals surface area (Å²) in [5.41, 5.74) is 8.96. The molecule has 0 atom stereocenters. The van der Waals surface area contributed by atoms with Gasteiger partial charge in [0.2, 0.25) is 0 Å². The summed E-state index contributed by atoms with van der Waals surface area (Å²) >= 11 is 1.84. The summed E-state index contributed by atoms with van der Waals surface area (Å²) in [5.74, 6) is 1.85. The fraction of sp³-hybridized carbons (Fsp3) is 0. The van der Waals surface area contributed by atoms with Crippen LogP contribution in [0.2, 0.25) is 0 Å². The third-order valence-electron chi connectivity index (χ3n) is 9.37. The Kier molecular flexibility index (Phi) is 6.64. The second-order valence-electron chi connectivity index (χ2n) is 12.4. The van der Waals surface area contributed by atoms with Crippen molar-refractivity contribution >= 4 is 53.4 Å². The van der Waals surface area contributed by atoms with Crippen LogP contribution in [0, 0.1) is 0 Å². The molecule has 3 heterocycles. The van der Waals surface area contributed by atoms with Crippen LogP contribution in [0.1, 0.15) is 0 Å². The Morgan fingerprint density at radius 3 is 1.70 bits per heavy atom. The number of furan rings is 1. The van der Waals surface area contributed by atoms with Crippen molar-refractivity contribution in [2.75, 3.05) is 0 Å². The third kappa shape index (κ3) is 4.71. The molecule has 4 nitrogen and oxygen atoms in total. The number of hydrogen-bond acceptors (Lipinski definition) is 5. The molecule has 0 spiro atoms. The van der Waals surface area contributed by atoms with Gasteiger partial charge in [-0.25, -0.2) is 15.0 Å². The largest absolute Gasteiger partial charge is 0.455 e. The van der Waals surface area contributed by atoms with Crippen LogP contribution < -0.4 is 0 Å². The Labute approximate surface area is 292 Å². The monoisotopic (exact) mass is 657 g/mol. The summed E-state index contributed by atoms with van der Waals surface area (Å²) in [6.07, 6.45) is 0. The zero-order valence-corrected chi connectivity index (χ0v) is 27.6. The van der Waals surface area contributed by atoms with Crippen molar-refractivity contribution in [1.29, 1.82) is 0 Å². The average Bonchev–Trinajstić information content (AvgIpc) is 3.77. The van der Waals surface area contributed by atoms with Crippen LogP contribution in [0.25, 0.3) is 98.5 Å². The van der Waals surface area contributed by atoms with Gasteiger partial charge in [-0.1, -0.05) is 152 Å². The summed E-state index contributed by atoms with van der Waals surface area (Å²) in [6.45, 7) is 0. The van der Waals surface area contributed by atoms with E-state index in [0.717, 1.165) is 55.3 Å². The number of aromatic nitrogens is 3. The van der Waals surface area contributed by atoms with E-state index in [0.29, 0.717) is 17.5 Å². The third-order valence-corrected chi connectivity index (χ3v) is 10.6. The van der Waals surface area contributed by atoms with Gasteiger partial charge >= 0.3 is 0 Å². The minimum Gasteiger partial charge on any atom is -0.455 e. The summed E-state index contributed by atoms with van der Waals surface area (Å²) in [7, 11) is 0. The predicted octanol–water partition coefficient (Wildman–Crippen LogP) is 12.5. The number of rotatable bonds is 5. The molecule has 0 bridgehead atoms. The first-order valence-corrected chi connectivity index (χ1v) is 17.4. The number of para-hydroxylation sites is 1. The number of thiophene rings is 1. The first-order chi connectivity index (χ1) is 24.8. The highest BCUT2D eigenvalue weighted by atomic mass is 32.1. The van der Waals surface area contributed by atoms with Crippen molar-refractivity contribution in [3.8, 4) is 56.4 Å². The van der Waals surface area contributed by atoms with Gasteiger partial charge in [-0.05, 0) is 28.8 Å². The van der Waals surface area contributed by atoms with Gasteiger partial charge in [0.15, 0.2) is 17.5 Å². The summed E-state index contributed by atoms with van der Waals surface area (Å²) < 4.78 is 9.16. The Hall–Kier alpha value is -6.43. The molecule has 234 valence electrons. The molecule has 10 aromatic rings. The van der Waals surface area contributed by atoms with Crippen LogP contribution in [-0.4, -0.2) is 15.0 Å². The molecular formula is C45H27N3OS. The molecule has 0 aliphatic rings. The normalized spacial score (nSPS) is 11.6. The number of fused-ring (bicyclic) bond motifs is 6. The van der Waals surface area contributed by atoms with Gasteiger partial charge in [0, 0.05) is 53.2 Å². The van der Waals surface area contributed by atoms with Gasteiger partial charge in [0.25, 0.3) is 0 Å². The van der Waals surface area contributed by atoms with E-state index in [1.54, 1.807) is 0 Å². The fourth-order valence-electron chi connectivity index (χ4n) is 6.99. The van der Waals surface area contributed by atoms with E-state index in [1.165, 1.54) is 25.7 Å². The molecule has 0 radical (unpaired) electrons. The molecule has 0 unspecified atom stereocenters. The molecule has 0 saturated carbocycles. The molecule has 50 heavy (non-hydrogen) atoms. The van der Waals surface area contributed by atoms with Crippen LogP contribution >= 0.6 is 11.3 Å². The lowest BCUT2D eigenvalue weighted by Crippen LogP contribution is -2.00. The number of nitrogens with zero attached hydrogens (tertiary/aromatic N) is 3. The van der Waals surface area contributed by atoms with E-state index in [2.05, 4.69) is 115 Å². The summed E-state index contributed by atoms with van der Waals surface area (Å²) in [6, 6.07) is 56.7. The van der Waals surface area contributed by atoms with E-state index in [1.807, 2.05) is 59.9 Å². The Balaban J connectivity index is 1.13. The maximum atomic E-state index is 6.56. The zero-order valence-electron chi connectivity index (χ0n) is 26.7. The minimum atomic E-state index is 0.603. The maximum absolute atomic E-state index is 6.56. The lowest BCUT2D eigenvalue weighted by Gasteiger charge is -2.10. The van der Waals surface area contributed by atoms with Crippen molar-refractivity contribution in [2.45, 2.75) is 0 Å². The van der Waals surface area contributed by atoms with E-state index < -0.39 is 0 Å². The molecule has 0 amide bonds. The Morgan fingerprint density at radius 2 is 0.920 bits per heavy atom. The van der Waals surface area contributed by atoms with Crippen LogP contribution in [-0.2, 0) is 0 Å². The van der Waals surface area contributed by atoms with Crippen molar-refractivity contribution < 1.29 is 4.42 Å². The second kappa shape index (κ2) is 11.6. The van der Waals surface area contributed by atoms with Crippen molar-refractivity contribution in [3.63, 3.8) is 0 Å². The topological polar surface area (TPSA) is 51.8 Å². The fourth-order valence-corrected chi connectivity index (χ4v) is 8.23. The standard InChI is InChI=1S/C45H27N3OS/c1-3-12-28(13-4-1)32-17-9-20-36-40-37(21-11-22-38(40)49-41(32)36)45-47-43(30-14-5-2-6-15-30)46-44(48-45)31-26-24-29(25-27-31)33-18-10-19-35-34-16-7-8-23-39(34)50-42(33)35/h1-27H. The molecule has 7 aromatic carbocycles. The van der Waals surface area contributed by atoms with E-state index in [9.17, 15) is 0 Å². The maximum Gasteiger partial charge on any atom is 0.164 e. The first-order valence-electron chi connectivity index (χ1n) is 16.6. The zero-order chi connectivity index (χ0) is 33.0. The quantitative estimate of drug-likeness (QED) is 0.185.